The molecule has 43 heteroatoms. The molecule has 1 saturated heterocycles. The predicted octanol–water partition coefficient (Wildman–Crippen LogP) is -4.44. The molecule has 0 spiro atoms. The number of hydrogen-bond donors (Lipinski definition) is 24. The number of nitrogens with zero attached hydrogens (tertiary/aromatic N) is 2. The Morgan fingerprint density at radius 2 is 1.18 bits per heavy atom. The normalized spacial score (nSPS) is 18.7. The van der Waals surface area contributed by atoms with Gasteiger partial charge in [-0.1, -0.05) is 66.2 Å². The van der Waals surface area contributed by atoms with Crippen molar-refractivity contribution < 1.29 is 102 Å². The van der Waals surface area contributed by atoms with Crippen LogP contribution < -0.4 is 97.4 Å². The largest absolute Gasteiger partial charge is 0.481 e. The van der Waals surface area contributed by atoms with Crippen molar-refractivity contribution in [2.45, 2.75) is 255 Å². The van der Waals surface area contributed by atoms with E-state index in [1.165, 1.54) is 12.5 Å². The van der Waals surface area contributed by atoms with Crippen LogP contribution in [0.25, 0.3) is 10.9 Å². The number of aliphatic imine (C=N–C) groups is 1. The van der Waals surface area contributed by atoms with Crippen LogP contribution in [0.3, 0.4) is 0 Å². The van der Waals surface area contributed by atoms with Crippen LogP contribution in [0.5, 0.6) is 0 Å². The number of imidazole rings is 1. The molecule has 28 N–H and O–H groups in total. The lowest BCUT2D eigenvalue weighted by Gasteiger charge is -2.30. The molecular formula is C77H122N22O21. The van der Waals surface area contributed by atoms with Gasteiger partial charge in [-0.2, -0.15) is 0 Å². The number of unbranched alkanes of at least 4 members (excludes halogenated alkanes) is 2. The first-order valence-corrected chi connectivity index (χ1v) is 40.3. The van der Waals surface area contributed by atoms with Crippen molar-refractivity contribution in [2.24, 2.45) is 45.7 Å². The number of amides is 14. The van der Waals surface area contributed by atoms with E-state index in [9.17, 15) is 87.5 Å². The van der Waals surface area contributed by atoms with Gasteiger partial charge >= 0.3 is 17.9 Å². The zero-order valence-electron chi connectivity index (χ0n) is 68.9. The van der Waals surface area contributed by atoms with E-state index in [0.717, 1.165) is 6.92 Å². The first-order chi connectivity index (χ1) is 56.9. The van der Waals surface area contributed by atoms with Gasteiger partial charge in [0, 0.05) is 74.7 Å². The fourth-order valence-corrected chi connectivity index (χ4v) is 13.0. The third-order valence-corrected chi connectivity index (χ3v) is 19.6. The van der Waals surface area contributed by atoms with Crippen LogP contribution in [0.1, 0.15) is 175 Å². The number of carbonyl (C=O) groups excluding carboxylic acids is 14. The lowest BCUT2D eigenvalue weighted by Crippen LogP contribution is -2.62. The maximum Gasteiger partial charge on any atom is 0.328 e. The number of carbonyl (C=O) groups is 17. The van der Waals surface area contributed by atoms with Crippen molar-refractivity contribution in [1.82, 2.24) is 89.4 Å². The Kier molecular flexibility index (Phi) is 43.6. The number of aliphatic hydroxyl groups excluding tert-OH is 1. The fraction of sp³-hybridized carbons (Fsp3) is 0.623. The van der Waals surface area contributed by atoms with Gasteiger partial charge in [0.05, 0.1) is 19.4 Å². The lowest BCUT2D eigenvalue weighted by atomic mass is 9.95. The summed E-state index contributed by atoms with van der Waals surface area (Å²) < 4.78 is 0. The van der Waals surface area contributed by atoms with E-state index in [1.54, 1.807) is 72.0 Å². The quantitative estimate of drug-likeness (QED) is 0.0144. The monoisotopic (exact) mass is 1690 g/mol. The van der Waals surface area contributed by atoms with E-state index in [2.05, 4.69) is 89.1 Å². The average molecular weight is 1690 g/mol. The van der Waals surface area contributed by atoms with E-state index in [4.69, 9.17) is 22.9 Å². The maximum absolute atomic E-state index is 15.1. The highest BCUT2D eigenvalue weighted by molar-refractivity contribution is 6.01. The Morgan fingerprint density at radius 1 is 0.600 bits per heavy atom. The highest BCUT2D eigenvalue weighted by Crippen LogP contribution is 2.22. The zero-order chi connectivity index (χ0) is 89.3. The summed E-state index contributed by atoms with van der Waals surface area (Å²) in [7, 11) is 0. The van der Waals surface area contributed by atoms with Crippen LogP contribution in [0, 0.1) is 17.8 Å². The van der Waals surface area contributed by atoms with Gasteiger partial charge < -0.3 is 128 Å². The first kappa shape index (κ1) is 100. The highest BCUT2D eigenvalue weighted by Gasteiger charge is 2.40. The zero-order valence-corrected chi connectivity index (χ0v) is 68.9. The second-order valence-electron chi connectivity index (χ2n) is 30.5. The van der Waals surface area contributed by atoms with Crippen LogP contribution in [-0.4, -0.2) is 253 Å². The molecule has 43 nitrogen and oxygen atoms in total. The van der Waals surface area contributed by atoms with Gasteiger partial charge in [-0.05, 0) is 132 Å². The number of H-pyrrole nitrogens is 2. The summed E-state index contributed by atoms with van der Waals surface area (Å²) in [6, 6.07) is -13.7. The third kappa shape index (κ3) is 35.7. The standard InChI is InChI=1S/C77H122N22O21/c1-8-42(6)63(99-69(112)49(20-12-14-28-79)90-73(116)57(34-45-37-82-39-86-45)95-64(107)48(19-11-13-27-78)88-67(110)52(87-43(7)101)24-26-61(103)104)75(118)97-55(32-41(4)5)70(113)92-53-23-25-60(102)83-29-15-21-51(66(109)96-58(35-62(105)106)74(117)98-59(38-100)76(119)120)91-72(115)56(33-44-36-85-47-18-10-9-17-46(44)47)94-71(114)54(31-40(2)3)93-65(108)50(89-68(53)111)22-16-30-84-77(80)81/h9-10,17-18,36-37,39-42,48-59,63,85,100H,8,11-16,19-35,38,78-79H2,1-7H3,(H,82,86)(H,83,102)(H,87,101)(H,88,110)(H,89,111)(H,90,116)(H,91,115)(H,92,113)(H,93,108)(H,94,114)(H,95,107)(H,96,109)(H,97,118)(H,98,117)(H,99,112)(H,103,104)(H,105,106)(H,119,120)(H4,80,81,84)/t42?,48-,49-,50-,51-,52-,53-,54-,55-,56-,57-,58-,59-,63-/m0/s1. The van der Waals surface area contributed by atoms with Crippen molar-refractivity contribution in [2.75, 3.05) is 32.8 Å². The Morgan fingerprint density at radius 3 is 1.75 bits per heavy atom. The van der Waals surface area contributed by atoms with Crippen LogP contribution in [-0.2, 0) is 94.3 Å². The Labute approximate surface area is 694 Å². The molecule has 14 amide bonds. The van der Waals surface area contributed by atoms with Crippen LogP contribution in [0.2, 0.25) is 0 Å². The SMILES string of the molecule is CCC(C)[C@H](NC(=O)[C@H](CCCCN)NC(=O)[C@H](Cc1cnc[nH]1)NC(=O)[C@H](CCCCN)NC(=O)[C@H](CCC(=O)O)NC(C)=O)C(=O)N[C@@H](CC(C)C)C(=O)N[C@H]1CCC(=O)NCCC[C@@H](C(=O)N[C@@H](CC(=O)O)C(=O)N[C@@H](CO)C(=O)O)NC(=O)[C@H](Cc2c[nH]c3ccccc23)NC(=O)[C@H](CC(C)C)NC(=O)[C@H](CCCN=C(N)N)NC1=O. The minimum Gasteiger partial charge on any atom is -0.481 e. The molecule has 1 unspecified atom stereocenters. The Bertz CT molecular complexity index is 3980. The van der Waals surface area contributed by atoms with E-state index >= 15 is 14.4 Å². The molecule has 14 atom stereocenters. The molecule has 2 aromatic heterocycles. The second kappa shape index (κ2) is 52.1. The van der Waals surface area contributed by atoms with Gasteiger partial charge in [-0.3, -0.25) is 81.7 Å². The predicted molar refractivity (Wildman–Crippen MR) is 434 cm³/mol. The molecule has 120 heavy (non-hydrogen) atoms. The van der Waals surface area contributed by atoms with Crippen LogP contribution >= 0.6 is 0 Å². The van der Waals surface area contributed by atoms with Gasteiger partial charge in [0.15, 0.2) is 5.96 Å². The number of guanidine groups is 1. The van der Waals surface area contributed by atoms with Crippen molar-refractivity contribution in [3.05, 3.63) is 54.2 Å². The van der Waals surface area contributed by atoms with Crippen LogP contribution in [0.15, 0.2) is 48.0 Å². The summed E-state index contributed by atoms with van der Waals surface area (Å²) in [5.74, 6) is -19.7. The molecule has 1 aromatic carbocycles. The number of rotatable bonds is 46. The van der Waals surface area contributed by atoms with Crippen molar-refractivity contribution in [3.63, 3.8) is 0 Å². The average Bonchev–Trinajstić information content (AvgIpc) is 1.68. The molecule has 3 aromatic rings. The van der Waals surface area contributed by atoms with Gasteiger partial charge in [-0.25, -0.2) is 9.78 Å². The number of aliphatic carboxylic acids is 3. The first-order valence-electron chi connectivity index (χ1n) is 40.3. The number of fused-ring (bicyclic) bond motifs is 1. The van der Waals surface area contributed by atoms with E-state index in [1.807, 2.05) is 5.32 Å². The van der Waals surface area contributed by atoms with E-state index < -0.39 is 217 Å². The molecule has 3 heterocycles. The van der Waals surface area contributed by atoms with Crippen LogP contribution in [0.4, 0.5) is 0 Å². The summed E-state index contributed by atoms with van der Waals surface area (Å²) in [4.78, 5) is 251. The number of hydrogen-bond acceptors (Lipinski definition) is 22. The number of aromatic amines is 2. The molecular weight excluding hydrogens is 1570 g/mol. The van der Waals surface area contributed by atoms with Gasteiger partial charge in [0.2, 0.25) is 82.7 Å². The molecule has 1 fully saturated rings. The number of nitrogens with two attached hydrogens (primary N) is 4. The number of aliphatic hydroxyl groups is 1. The molecule has 1 aliphatic rings. The molecule has 4 rings (SSSR count). The van der Waals surface area contributed by atoms with Crippen molar-refractivity contribution >= 4 is 117 Å². The van der Waals surface area contributed by atoms with E-state index in [-0.39, 0.29) is 127 Å². The highest BCUT2D eigenvalue weighted by atomic mass is 16.4. The summed E-state index contributed by atoms with van der Waals surface area (Å²) in [5.41, 5.74) is 24.4. The topological polar surface area (TPSA) is 700 Å². The molecule has 0 saturated carbocycles. The number of para-hydroxylation sites is 1. The number of carboxylic acids is 3. The van der Waals surface area contributed by atoms with Gasteiger partial charge in [0.1, 0.15) is 78.5 Å². The molecule has 666 valence electrons. The number of benzene rings is 1. The molecule has 0 radical (unpaired) electrons. The minimum absolute atomic E-state index is 0.0111. The van der Waals surface area contributed by atoms with Gasteiger partial charge in [-0.15, -0.1) is 0 Å². The maximum atomic E-state index is 15.1. The second-order valence-corrected chi connectivity index (χ2v) is 30.5. The summed E-state index contributed by atoms with van der Waals surface area (Å²) in [6.45, 7) is 10.3. The van der Waals surface area contributed by atoms with Crippen molar-refractivity contribution in [1.29, 1.82) is 0 Å². The molecule has 0 aliphatic carbocycles. The molecule has 0 bridgehead atoms. The number of nitrogens with one attached hydrogen (secondary N) is 16. The third-order valence-electron chi connectivity index (χ3n) is 19.6. The Hall–Kier alpha value is -11.9. The number of carboxylic acid groups (broad SMARTS) is 3. The van der Waals surface area contributed by atoms with Gasteiger partial charge in [0.25, 0.3) is 0 Å². The smallest absolute Gasteiger partial charge is 0.328 e. The lowest BCUT2D eigenvalue weighted by molar-refractivity contribution is -0.144. The number of aromatic nitrogens is 3. The summed E-state index contributed by atoms with van der Waals surface area (Å²) in [5, 5.41) is 75.1. The Balaban J connectivity index is 1.78. The summed E-state index contributed by atoms with van der Waals surface area (Å²) in [6.07, 6.45) is 1.17. The van der Waals surface area contributed by atoms with Crippen molar-refractivity contribution in [3.8, 4) is 0 Å². The summed E-state index contributed by atoms with van der Waals surface area (Å²) >= 11 is 0. The minimum atomic E-state index is -2.01. The molecule has 1 aliphatic heterocycles. The fourth-order valence-electron chi connectivity index (χ4n) is 13.0. The van der Waals surface area contributed by atoms with E-state index in [0.29, 0.717) is 41.4 Å².